The fourth-order valence-corrected chi connectivity index (χ4v) is 2.78. The van der Waals surface area contributed by atoms with E-state index in [1.807, 2.05) is 42.5 Å². The summed E-state index contributed by atoms with van der Waals surface area (Å²) in [6.45, 7) is 0. The molecule has 118 valence electrons. The third-order valence-corrected chi connectivity index (χ3v) is 4.09. The van der Waals surface area contributed by atoms with E-state index in [0.717, 1.165) is 18.4 Å². The average molecular weight is 301 g/mol. The quantitative estimate of drug-likeness (QED) is 0.847. The summed E-state index contributed by atoms with van der Waals surface area (Å²) in [6.07, 6.45) is 8.07. The van der Waals surface area contributed by atoms with Gasteiger partial charge in [0.15, 0.2) is 0 Å². The number of amides is 1. The normalized spacial score (nSPS) is 21.6. The van der Waals surface area contributed by atoms with Crippen molar-refractivity contribution in [2.24, 2.45) is 5.92 Å². The number of carboxylic acid groups (broad SMARTS) is 1. The highest BCUT2D eigenvalue weighted by Crippen LogP contribution is 2.24. The summed E-state index contributed by atoms with van der Waals surface area (Å²) in [5.74, 6) is -0.894. The van der Waals surface area contributed by atoms with E-state index >= 15 is 0 Å². The molecule has 1 saturated carbocycles. The number of benzene rings is 1. The highest BCUT2D eigenvalue weighted by Gasteiger charge is 2.26. The number of rotatable bonds is 6. The molecule has 0 radical (unpaired) electrons. The maximum atomic E-state index is 11.9. The third kappa shape index (κ3) is 5.35. The van der Waals surface area contributed by atoms with Crippen molar-refractivity contribution < 1.29 is 14.7 Å². The second-order valence-corrected chi connectivity index (χ2v) is 5.81. The Morgan fingerprint density at radius 2 is 1.82 bits per heavy atom. The lowest BCUT2D eigenvalue weighted by Gasteiger charge is -2.26. The van der Waals surface area contributed by atoms with E-state index in [9.17, 15) is 9.59 Å². The molecule has 0 bridgehead atoms. The maximum absolute atomic E-state index is 11.9. The highest BCUT2D eigenvalue weighted by molar-refractivity contribution is 5.76. The van der Waals surface area contributed by atoms with Crippen LogP contribution in [0.15, 0.2) is 36.4 Å². The van der Waals surface area contributed by atoms with Gasteiger partial charge in [0.05, 0.1) is 5.92 Å². The van der Waals surface area contributed by atoms with Crippen LogP contribution in [0.3, 0.4) is 0 Å². The molecule has 0 unspecified atom stereocenters. The van der Waals surface area contributed by atoms with Crippen molar-refractivity contribution >= 4 is 18.0 Å². The van der Waals surface area contributed by atoms with Gasteiger partial charge in [0.25, 0.3) is 0 Å². The first-order valence-electron chi connectivity index (χ1n) is 7.89. The summed E-state index contributed by atoms with van der Waals surface area (Å²) in [5, 5.41) is 12.0. The van der Waals surface area contributed by atoms with Gasteiger partial charge in [0.2, 0.25) is 5.91 Å². The third-order valence-electron chi connectivity index (χ3n) is 4.09. The van der Waals surface area contributed by atoms with Crippen LogP contribution < -0.4 is 5.32 Å². The van der Waals surface area contributed by atoms with Crippen molar-refractivity contribution in [1.82, 2.24) is 5.32 Å². The number of allylic oxidation sites excluding steroid dienone is 1. The summed E-state index contributed by atoms with van der Waals surface area (Å²) in [6, 6.07) is 10.1. The maximum Gasteiger partial charge on any atom is 0.306 e. The van der Waals surface area contributed by atoms with E-state index in [1.165, 1.54) is 0 Å². The molecule has 22 heavy (non-hydrogen) atoms. The fraction of sp³-hybridized carbons (Fsp3) is 0.444. The summed E-state index contributed by atoms with van der Waals surface area (Å²) < 4.78 is 0. The largest absolute Gasteiger partial charge is 0.481 e. The molecule has 0 atom stereocenters. The van der Waals surface area contributed by atoms with Crippen molar-refractivity contribution in [3.63, 3.8) is 0 Å². The Labute approximate surface area is 131 Å². The van der Waals surface area contributed by atoms with Gasteiger partial charge >= 0.3 is 5.97 Å². The van der Waals surface area contributed by atoms with E-state index in [0.29, 0.717) is 25.7 Å². The van der Waals surface area contributed by atoms with Gasteiger partial charge in [-0.2, -0.15) is 0 Å². The first kappa shape index (κ1) is 16.3. The molecule has 4 nitrogen and oxygen atoms in total. The molecule has 2 rings (SSSR count). The van der Waals surface area contributed by atoms with Crippen LogP contribution in [0.25, 0.3) is 6.08 Å². The molecule has 0 spiro atoms. The molecule has 1 aliphatic carbocycles. The summed E-state index contributed by atoms with van der Waals surface area (Å²) in [7, 11) is 0. The Bertz CT molecular complexity index is 516. The number of hydrogen-bond donors (Lipinski definition) is 2. The molecule has 1 aromatic rings. The highest BCUT2D eigenvalue weighted by atomic mass is 16.4. The summed E-state index contributed by atoms with van der Waals surface area (Å²) >= 11 is 0. The van der Waals surface area contributed by atoms with Crippen molar-refractivity contribution in [3.8, 4) is 0 Å². The predicted molar refractivity (Wildman–Crippen MR) is 86.2 cm³/mol. The molecular formula is C18H23NO3. The lowest BCUT2D eigenvalue weighted by molar-refractivity contribution is -0.142. The van der Waals surface area contributed by atoms with E-state index in [4.69, 9.17) is 5.11 Å². The van der Waals surface area contributed by atoms with Crippen LogP contribution in [-0.2, 0) is 9.59 Å². The van der Waals surface area contributed by atoms with Gasteiger partial charge in [-0.05, 0) is 37.7 Å². The van der Waals surface area contributed by atoms with Crippen molar-refractivity contribution in [2.45, 2.75) is 44.6 Å². The van der Waals surface area contributed by atoms with Crippen molar-refractivity contribution in [1.29, 1.82) is 0 Å². The van der Waals surface area contributed by atoms with Gasteiger partial charge in [0, 0.05) is 12.5 Å². The van der Waals surface area contributed by atoms with Crippen molar-refractivity contribution in [3.05, 3.63) is 42.0 Å². The second-order valence-electron chi connectivity index (χ2n) is 5.81. The minimum absolute atomic E-state index is 0.0523. The standard InChI is InChI=1S/C18H23NO3/c20-17(9-5-4-8-14-6-2-1-3-7-14)19-16-12-10-15(11-13-16)18(21)22/h1-4,6-8,15-16H,5,9-13H2,(H,19,20)(H,21,22)/b8-4+. The van der Waals surface area contributed by atoms with Crippen LogP contribution in [0.2, 0.25) is 0 Å². The molecule has 4 heteroatoms. The van der Waals surface area contributed by atoms with E-state index in [1.54, 1.807) is 0 Å². The zero-order chi connectivity index (χ0) is 15.8. The summed E-state index contributed by atoms with van der Waals surface area (Å²) in [5.41, 5.74) is 1.13. The number of carbonyl (C=O) groups excluding carboxylic acids is 1. The molecule has 1 aromatic carbocycles. The Balaban J connectivity index is 1.64. The fourth-order valence-electron chi connectivity index (χ4n) is 2.78. The Morgan fingerprint density at radius 1 is 1.14 bits per heavy atom. The van der Waals surface area contributed by atoms with E-state index in [-0.39, 0.29) is 17.9 Å². The van der Waals surface area contributed by atoms with Crippen LogP contribution in [0.4, 0.5) is 0 Å². The second kappa shape index (κ2) is 8.37. The lowest BCUT2D eigenvalue weighted by atomic mass is 9.86. The molecule has 1 amide bonds. The van der Waals surface area contributed by atoms with Gasteiger partial charge in [-0.25, -0.2) is 0 Å². The SMILES string of the molecule is O=C(CC/C=C/c1ccccc1)NC1CCC(C(=O)O)CC1. The monoisotopic (exact) mass is 301 g/mol. The van der Waals surface area contributed by atoms with Gasteiger partial charge < -0.3 is 10.4 Å². The molecule has 0 aromatic heterocycles. The molecule has 2 N–H and O–H groups in total. The van der Waals surface area contributed by atoms with Crippen LogP contribution in [-0.4, -0.2) is 23.0 Å². The van der Waals surface area contributed by atoms with Gasteiger partial charge in [-0.1, -0.05) is 42.5 Å². The smallest absolute Gasteiger partial charge is 0.306 e. The molecule has 1 aliphatic rings. The first-order chi connectivity index (χ1) is 10.6. The zero-order valence-electron chi connectivity index (χ0n) is 12.7. The van der Waals surface area contributed by atoms with Gasteiger partial charge in [0.1, 0.15) is 0 Å². The van der Waals surface area contributed by atoms with Crippen LogP contribution in [0.1, 0.15) is 44.1 Å². The molecule has 0 saturated heterocycles. The first-order valence-corrected chi connectivity index (χ1v) is 7.89. The number of carbonyl (C=O) groups is 2. The molecule has 1 fully saturated rings. The Kier molecular flexibility index (Phi) is 6.19. The predicted octanol–water partition coefficient (Wildman–Crippen LogP) is 3.24. The minimum atomic E-state index is -0.712. The zero-order valence-corrected chi connectivity index (χ0v) is 12.7. The van der Waals surface area contributed by atoms with E-state index < -0.39 is 5.97 Å². The van der Waals surface area contributed by atoms with Crippen LogP contribution in [0, 0.1) is 5.92 Å². The average Bonchev–Trinajstić information content (AvgIpc) is 2.53. The summed E-state index contributed by atoms with van der Waals surface area (Å²) in [4.78, 5) is 22.8. The van der Waals surface area contributed by atoms with Crippen LogP contribution >= 0.6 is 0 Å². The number of aliphatic carboxylic acids is 1. The van der Waals surface area contributed by atoms with Crippen LogP contribution in [0.5, 0.6) is 0 Å². The molecule has 0 aliphatic heterocycles. The van der Waals surface area contributed by atoms with E-state index in [2.05, 4.69) is 5.32 Å². The van der Waals surface area contributed by atoms with Crippen molar-refractivity contribution in [2.75, 3.05) is 0 Å². The number of carboxylic acids is 1. The topological polar surface area (TPSA) is 66.4 Å². The Hall–Kier alpha value is -2.10. The lowest BCUT2D eigenvalue weighted by Crippen LogP contribution is -2.38. The molecular weight excluding hydrogens is 278 g/mol. The van der Waals surface area contributed by atoms with Gasteiger partial charge in [-0.15, -0.1) is 0 Å². The van der Waals surface area contributed by atoms with Gasteiger partial charge in [-0.3, -0.25) is 9.59 Å². The molecule has 0 heterocycles. The Morgan fingerprint density at radius 3 is 2.45 bits per heavy atom. The number of hydrogen-bond acceptors (Lipinski definition) is 2. The number of nitrogens with one attached hydrogen (secondary N) is 1. The minimum Gasteiger partial charge on any atom is -0.481 e.